The standard InChI is InChI=1S/C4H7N3S2/c1-8-4(7-3-5)9(2)6/h6H,1-2H3. The third-order valence-electron chi connectivity index (χ3n) is 0.578. The molecule has 5 heteroatoms. The summed E-state index contributed by atoms with van der Waals surface area (Å²) in [5.41, 5.74) is 0. The van der Waals surface area contributed by atoms with Gasteiger partial charge in [-0.1, -0.05) is 10.7 Å². The van der Waals surface area contributed by atoms with Crippen LogP contribution in [0.4, 0.5) is 0 Å². The maximum Gasteiger partial charge on any atom is 0.207 e. The molecule has 3 nitrogen and oxygen atoms in total. The lowest BCUT2D eigenvalue weighted by Gasteiger charge is -1.94. The third kappa shape index (κ3) is 3.27. The van der Waals surface area contributed by atoms with Gasteiger partial charge in [-0.15, -0.1) is 11.8 Å². The average molecular weight is 161 g/mol. The van der Waals surface area contributed by atoms with Crippen molar-refractivity contribution in [2.75, 3.05) is 12.5 Å². The summed E-state index contributed by atoms with van der Waals surface area (Å²) in [6, 6.07) is 0. The molecular formula is C4H7N3S2. The van der Waals surface area contributed by atoms with Gasteiger partial charge >= 0.3 is 0 Å². The van der Waals surface area contributed by atoms with Crippen LogP contribution in [0, 0.1) is 16.2 Å². The molecule has 0 saturated carbocycles. The topological polar surface area (TPSA) is 60.0 Å². The van der Waals surface area contributed by atoms with Gasteiger partial charge in [0.25, 0.3) is 0 Å². The first-order valence-corrected chi connectivity index (χ1v) is 4.96. The van der Waals surface area contributed by atoms with Crippen molar-refractivity contribution in [1.82, 2.24) is 0 Å². The van der Waals surface area contributed by atoms with Gasteiger partial charge in [0.05, 0.1) is 0 Å². The third-order valence-corrected chi connectivity index (χ3v) is 2.88. The molecule has 0 radical (unpaired) electrons. The molecule has 0 saturated heterocycles. The molecule has 0 aromatic carbocycles. The summed E-state index contributed by atoms with van der Waals surface area (Å²) in [5, 5.41) is 8.09. The van der Waals surface area contributed by atoms with Gasteiger partial charge in [0.1, 0.15) is 0 Å². The summed E-state index contributed by atoms with van der Waals surface area (Å²) in [4.78, 5) is 3.45. The molecule has 0 aliphatic heterocycles. The van der Waals surface area contributed by atoms with E-state index in [1.165, 1.54) is 11.8 Å². The van der Waals surface area contributed by atoms with Crippen LogP contribution in [-0.4, -0.2) is 16.9 Å². The number of aliphatic imine (C=N–C) groups is 1. The molecule has 0 aliphatic rings. The number of thioether (sulfide) groups is 1. The fraction of sp³-hybridized carbons (Fsp3) is 0.500. The Bertz CT molecular complexity index is 179. The van der Waals surface area contributed by atoms with Gasteiger partial charge in [-0.3, -0.25) is 4.78 Å². The van der Waals surface area contributed by atoms with Crippen molar-refractivity contribution in [3.63, 3.8) is 0 Å². The van der Waals surface area contributed by atoms with Crippen LogP contribution < -0.4 is 0 Å². The summed E-state index contributed by atoms with van der Waals surface area (Å²) in [5.74, 6) is 0. The fourth-order valence-electron chi connectivity index (χ4n) is 0.280. The van der Waals surface area contributed by atoms with E-state index >= 15 is 0 Å². The van der Waals surface area contributed by atoms with E-state index in [1.807, 2.05) is 6.26 Å². The minimum atomic E-state index is -0.613. The highest BCUT2D eigenvalue weighted by molar-refractivity contribution is 8.33. The Balaban J connectivity index is 4.20. The highest BCUT2D eigenvalue weighted by Gasteiger charge is 1.95. The maximum absolute atomic E-state index is 8.09. The Morgan fingerprint density at radius 3 is 2.56 bits per heavy atom. The molecule has 0 amide bonds. The van der Waals surface area contributed by atoms with E-state index in [0.717, 1.165) is 0 Å². The van der Waals surface area contributed by atoms with Crippen molar-refractivity contribution >= 4 is 26.8 Å². The first kappa shape index (κ1) is 8.66. The van der Waals surface area contributed by atoms with Crippen LogP contribution >= 0.6 is 11.8 Å². The Morgan fingerprint density at radius 2 is 2.44 bits per heavy atom. The lowest BCUT2D eigenvalue weighted by molar-refractivity contribution is 1.45. The highest BCUT2D eigenvalue weighted by atomic mass is 32.2. The van der Waals surface area contributed by atoms with Gasteiger partial charge in [0, 0.05) is 0 Å². The second-order valence-electron chi connectivity index (χ2n) is 1.19. The van der Waals surface area contributed by atoms with Crippen molar-refractivity contribution in [2.24, 2.45) is 4.99 Å². The minimum absolute atomic E-state index is 0.595. The average Bonchev–Trinajstić information content (AvgIpc) is 1.82. The molecular weight excluding hydrogens is 154 g/mol. The van der Waals surface area contributed by atoms with Crippen molar-refractivity contribution in [1.29, 1.82) is 10.0 Å². The predicted octanol–water partition coefficient (Wildman–Crippen LogP) is 1.20. The zero-order chi connectivity index (χ0) is 7.28. The van der Waals surface area contributed by atoms with Crippen LogP contribution in [0.25, 0.3) is 0 Å². The number of nitrogens with one attached hydrogen (secondary N) is 1. The van der Waals surface area contributed by atoms with Crippen LogP contribution in [0.2, 0.25) is 0 Å². The van der Waals surface area contributed by atoms with Crippen molar-refractivity contribution in [2.45, 2.75) is 0 Å². The number of rotatable bonds is 0. The van der Waals surface area contributed by atoms with Crippen LogP contribution in [0.1, 0.15) is 0 Å². The summed E-state index contributed by atoms with van der Waals surface area (Å²) in [6.07, 6.45) is 5.18. The van der Waals surface area contributed by atoms with E-state index in [0.29, 0.717) is 4.38 Å². The molecule has 1 atom stereocenters. The largest absolute Gasteiger partial charge is 0.274 e. The fourth-order valence-corrected chi connectivity index (χ4v) is 1.59. The van der Waals surface area contributed by atoms with E-state index in [4.69, 9.17) is 10.0 Å². The molecule has 0 spiro atoms. The van der Waals surface area contributed by atoms with Gasteiger partial charge in [-0.05, 0) is 12.5 Å². The van der Waals surface area contributed by atoms with Crippen LogP contribution in [-0.2, 0) is 10.7 Å². The van der Waals surface area contributed by atoms with E-state index < -0.39 is 10.7 Å². The summed E-state index contributed by atoms with van der Waals surface area (Å²) >= 11 is 1.35. The number of hydrogen-bond acceptors (Lipinski definition) is 4. The molecule has 0 aliphatic carbocycles. The monoisotopic (exact) mass is 161 g/mol. The normalized spacial score (nSPS) is 14.6. The molecule has 0 rings (SSSR count). The SMILES string of the molecule is CSC(=NC#N)S(C)=N. The summed E-state index contributed by atoms with van der Waals surface area (Å²) in [6.45, 7) is 0. The van der Waals surface area contributed by atoms with Gasteiger partial charge < -0.3 is 0 Å². The molecule has 50 valence electrons. The lowest BCUT2D eigenvalue weighted by Crippen LogP contribution is -1.96. The number of hydrogen-bond donors (Lipinski definition) is 1. The zero-order valence-corrected chi connectivity index (χ0v) is 6.84. The first-order valence-electron chi connectivity index (χ1n) is 2.10. The zero-order valence-electron chi connectivity index (χ0n) is 5.21. The van der Waals surface area contributed by atoms with Crippen LogP contribution in [0.15, 0.2) is 4.99 Å². The lowest BCUT2D eigenvalue weighted by atomic mass is 11.3. The van der Waals surface area contributed by atoms with Crippen LogP contribution in [0.5, 0.6) is 0 Å². The first-order chi connectivity index (χ1) is 4.22. The van der Waals surface area contributed by atoms with Gasteiger partial charge in [-0.25, -0.2) is 0 Å². The smallest absolute Gasteiger partial charge is 0.207 e. The van der Waals surface area contributed by atoms with Gasteiger partial charge in [0.2, 0.25) is 6.19 Å². The molecule has 9 heavy (non-hydrogen) atoms. The Labute approximate surface area is 61.1 Å². The summed E-state index contributed by atoms with van der Waals surface area (Å²) < 4.78 is 7.76. The highest BCUT2D eigenvalue weighted by Crippen LogP contribution is 2.01. The number of nitrogens with zero attached hydrogens (tertiary/aromatic N) is 2. The van der Waals surface area contributed by atoms with E-state index in [9.17, 15) is 0 Å². The Hall–Kier alpha value is -0.340. The Kier molecular flexibility index (Phi) is 4.36. The molecule has 0 bridgehead atoms. The maximum atomic E-state index is 8.09. The summed E-state index contributed by atoms with van der Waals surface area (Å²) in [7, 11) is -0.613. The van der Waals surface area contributed by atoms with Crippen molar-refractivity contribution in [3.05, 3.63) is 0 Å². The molecule has 0 aromatic heterocycles. The van der Waals surface area contributed by atoms with Crippen molar-refractivity contribution < 1.29 is 0 Å². The Morgan fingerprint density at radius 1 is 1.89 bits per heavy atom. The van der Waals surface area contributed by atoms with Crippen molar-refractivity contribution in [3.8, 4) is 6.19 Å². The molecule has 0 heterocycles. The van der Waals surface area contributed by atoms with E-state index in [2.05, 4.69) is 4.99 Å². The van der Waals surface area contributed by atoms with Gasteiger partial charge in [-0.2, -0.15) is 10.3 Å². The predicted molar refractivity (Wildman–Crippen MR) is 42.6 cm³/mol. The van der Waals surface area contributed by atoms with Gasteiger partial charge in [0.15, 0.2) is 4.38 Å². The molecule has 0 aromatic rings. The molecule has 1 N–H and O–H groups in total. The van der Waals surface area contributed by atoms with Crippen LogP contribution in [0.3, 0.4) is 0 Å². The quantitative estimate of drug-likeness (QED) is 0.329. The second kappa shape index (κ2) is 4.53. The van der Waals surface area contributed by atoms with E-state index in [1.54, 1.807) is 12.4 Å². The second-order valence-corrected chi connectivity index (χ2v) is 3.65. The molecule has 0 fully saturated rings. The molecule has 1 unspecified atom stereocenters. The number of nitriles is 1. The van der Waals surface area contributed by atoms with E-state index in [-0.39, 0.29) is 0 Å². The minimum Gasteiger partial charge on any atom is -0.274 e.